The zero-order valence-corrected chi connectivity index (χ0v) is 12.8. The van der Waals surface area contributed by atoms with Crippen LogP contribution in [0.15, 0.2) is 30.3 Å². The lowest BCUT2D eigenvalue weighted by atomic mass is 10.2. The van der Waals surface area contributed by atoms with E-state index in [9.17, 15) is 9.59 Å². The van der Waals surface area contributed by atoms with Crippen LogP contribution in [0, 0.1) is 0 Å². The van der Waals surface area contributed by atoms with Crippen molar-refractivity contribution in [3.63, 3.8) is 0 Å². The van der Waals surface area contributed by atoms with Crippen molar-refractivity contribution in [2.45, 2.75) is 38.8 Å². The van der Waals surface area contributed by atoms with E-state index in [-0.39, 0.29) is 5.91 Å². The van der Waals surface area contributed by atoms with Gasteiger partial charge in [-0.3, -0.25) is 9.63 Å². The van der Waals surface area contributed by atoms with Gasteiger partial charge in [0.1, 0.15) is 12.6 Å². The highest BCUT2D eigenvalue weighted by Crippen LogP contribution is 2.13. The monoisotopic (exact) mass is 306 g/mol. The molecule has 120 valence electrons. The summed E-state index contributed by atoms with van der Waals surface area (Å²) in [5.74, 6) is -0.233. The van der Waals surface area contributed by atoms with Crippen molar-refractivity contribution in [1.82, 2.24) is 10.4 Å². The first-order chi connectivity index (χ1) is 10.7. The van der Waals surface area contributed by atoms with Crippen molar-refractivity contribution < 1.29 is 19.2 Å². The van der Waals surface area contributed by atoms with Gasteiger partial charge in [0.15, 0.2) is 0 Å². The molecule has 0 aliphatic carbocycles. The molecular weight excluding hydrogens is 284 g/mol. The lowest BCUT2D eigenvalue weighted by molar-refractivity contribution is -0.183. The minimum Gasteiger partial charge on any atom is -0.450 e. The van der Waals surface area contributed by atoms with Gasteiger partial charge in [0.05, 0.1) is 13.2 Å². The maximum Gasteiger partial charge on any atom is 0.407 e. The smallest absolute Gasteiger partial charge is 0.407 e. The number of rotatable bonds is 7. The predicted octanol–water partition coefficient (Wildman–Crippen LogP) is 2.25. The van der Waals surface area contributed by atoms with Crippen LogP contribution in [0.25, 0.3) is 0 Å². The topological polar surface area (TPSA) is 67.9 Å². The van der Waals surface area contributed by atoms with Crippen LogP contribution in [0.4, 0.5) is 4.79 Å². The molecular formula is C16H22N2O4. The molecule has 1 aromatic rings. The first-order valence-electron chi connectivity index (χ1n) is 7.62. The lowest BCUT2D eigenvalue weighted by Gasteiger charge is -2.16. The van der Waals surface area contributed by atoms with Crippen molar-refractivity contribution in [3.05, 3.63) is 35.9 Å². The molecule has 1 atom stereocenters. The number of ether oxygens (including phenoxy) is 1. The molecule has 0 radical (unpaired) electrons. The second-order valence-corrected chi connectivity index (χ2v) is 5.17. The Hall–Kier alpha value is -2.08. The van der Waals surface area contributed by atoms with Gasteiger partial charge in [-0.25, -0.2) is 9.86 Å². The van der Waals surface area contributed by atoms with Gasteiger partial charge in [-0.15, -0.1) is 0 Å². The van der Waals surface area contributed by atoms with E-state index in [1.807, 2.05) is 37.3 Å². The molecule has 1 aliphatic rings. The number of carbonyl (C=O) groups excluding carboxylic acids is 2. The van der Waals surface area contributed by atoms with Crippen molar-refractivity contribution in [1.29, 1.82) is 0 Å². The third-order valence-corrected chi connectivity index (χ3v) is 3.42. The molecule has 0 saturated carbocycles. The van der Waals surface area contributed by atoms with E-state index in [2.05, 4.69) is 5.32 Å². The van der Waals surface area contributed by atoms with Crippen molar-refractivity contribution in [2.24, 2.45) is 0 Å². The van der Waals surface area contributed by atoms with Gasteiger partial charge in [-0.2, -0.15) is 0 Å². The number of carbonyl (C=O) groups is 2. The molecule has 1 N–H and O–H groups in total. The third-order valence-electron chi connectivity index (χ3n) is 3.42. The van der Waals surface area contributed by atoms with E-state index < -0.39 is 12.1 Å². The van der Waals surface area contributed by atoms with Crippen LogP contribution in [0.2, 0.25) is 0 Å². The highest BCUT2D eigenvalue weighted by Gasteiger charge is 2.34. The number of nitrogens with one attached hydrogen (secondary N) is 1. The van der Waals surface area contributed by atoms with E-state index in [0.29, 0.717) is 26.2 Å². The standard InChI is InChI=1S/C16H22N2O4/c1-2-3-11-21-16(20)17-14-9-10-18(15(14)19)22-12-13-7-5-4-6-8-13/h4-8,14H,2-3,9-12H2,1H3,(H,17,20)/t14-/m0/s1. The molecule has 1 saturated heterocycles. The van der Waals surface area contributed by atoms with Crippen LogP contribution in [0.1, 0.15) is 31.7 Å². The molecule has 0 spiro atoms. The maximum atomic E-state index is 12.1. The molecule has 2 rings (SSSR count). The fourth-order valence-electron chi connectivity index (χ4n) is 2.14. The summed E-state index contributed by atoms with van der Waals surface area (Å²) in [5.41, 5.74) is 0.991. The number of hydrogen-bond acceptors (Lipinski definition) is 4. The molecule has 0 bridgehead atoms. The Morgan fingerprint density at radius 1 is 1.36 bits per heavy atom. The first-order valence-corrected chi connectivity index (χ1v) is 7.62. The van der Waals surface area contributed by atoms with Crippen molar-refractivity contribution in [2.75, 3.05) is 13.2 Å². The van der Waals surface area contributed by atoms with Crippen molar-refractivity contribution >= 4 is 12.0 Å². The average molecular weight is 306 g/mol. The number of hydrogen-bond donors (Lipinski definition) is 1. The fourth-order valence-corrected chi connectivity index (χ4v) is 2.14. The highest BCUT2D eigenvalue weighted by molar-refractivity contribution is 5.86. The Morgan fingerprint density at radius 3 is 2.86 bits per heavy atom. The number of hydroxylamine groups is 2. The Morgan fingerprint density at radius 2 is 2.14 bits per heavy atom. The summed E-state index contributed by atoms with van der Waals surface area (Å²) in [6.07, 6.45) is 1.75. The number of alkyl carbamates (subject to hydrolysis) is 1. The van der Waals surface area contributed by atoms with Gasteiger partial charge in [-0.1, -0.05) is 43.7 Å². The van der Waals surface area contributed by atoms with Crippen LogP contribution < -0.4 is 5.32 Å². The SMILES string of the molecule is CCCCOC(=O)N[C@H]1CCN(OCc2ccccc2)C1=O. The zero-order valence-electron chi connectivity index (χ0n) is 12.8. The minimum atomic E-state index is -0.565. The Balaban J connectivity index is 1.74. The van der Waals surface area contributed by atoms with Gasteiger partial charge in [0.2, 0.25) is 0 Å². The van der Waals surface area contributed by atoms with Crippen LogP contribution >= 0.6 is 0 Å². The molecule has 6 heteroatoms. The van der Waals surface area contributed by atoms with E-state index in [0.717, 1.165) is 18.4 Å². The third kappa shape index (κ3) is 4.73. The number of amides is 2. The van der Waals surface area contributed by atoms with E-state index in [1.165, 1.54) is 5.06 Å². The molecule has 1 heterocycles. The zero-order chi connectivity index (χ0) is 15.8. The minimum absolute atomic E-state index is 0.233. The molecule has 6 nitrogen and oxygen atoms in total. The molecule has 22 heavy (non-hydrogen) atoms. The predicted molar refractivity (Wildman–Crippen MR) is 80.7 cm³/mol. The van der Waals surface area contributed by atoms with Crippen LogP contribution in [0.5, 0.6) is 0 Å². The van der Waals surface area contributed by atoms with Gasteiger partial charge >= 0.3 is 6.09 Å². The number of nitrogens with zero attached hydrogens (tertiary/aromatic N) is 1. The number of benzene rings is 1. The number of unbranched alkanes of at least 4 members (excludes halogenated alkanes) is 1. The van der Waals surface area contributed by atoms with E-state index >= 15 is 0 Å². The Bertz CT molecular complexity index is 492. The van der Waals surface area contributed by atoms with E-state index in [1.54, 1.807) is 0 Å². The van der Waals surface area contributed by atoms with E-state index in [4.69, 9.17) is 9.57 Å². The fraction of sp³-hybridized carbons (Fsp3) is 0.500. The quantitative estimate of drug-likeness (QED) is 0.785. The summed E-state index contributed by atoms with van der Waals surface area (Å²) >= 11 is 0. The van der Waals surface area contributed by atoms with Gasteiger partial charge in [0.25, 0.3) is 5.91 Å². The van der Waals surface area contributed by atoms with Gasteiger partial charge in [-0.05, 0) is 18.4 Å². The summed E-state index contributed by atoms with van der Waals surface area (Å²) in [4.78, 5) is 29.2. The molecule has 2 amide bonds. The Kier molecular flexibility index (Phi) is 6.21. The second-order valence-electron chi connectivity index (χ2n) is 5.17. The first kappa shape index (κ1) is 16.3. The summed E-state index contributed by atoms with van der Waals surface area (Å²) in [6.45, 7) is 3.19. The van der Waals surface area contributed by atoms with Crippen LogP contribution in [-0.4, -0.2) is 36.3 Å². The molecule has 0 unspecified atom stereocenters. The molecule has 1 fully saturated rings. The molecule has 1 aromatic carbocycles. The maximum absolute atomic E-state index is 12.1. The normalized spacial score (nSPS) is 17.6. The summed E-state index contributed by atoms with van der Waals surface area (Å²) in [7, 11) is 0. The summed E-state index contributed by atoms with van der Waals surface area (Å²) < 4.78 is 5.00. The van der Waals surface area contributed by atoms with Crippen LogP contribution in [-0.2, 0) is 21.0 Å². The van der Waals surface area contributed by atoms with Crippen LogP contribution in [0.3, 0.4) is 0 Å². The molecule has 0 aromatic heterocycles. The second kappa shape index (κ2) is 8.38. The largest absolute Gasteiger partial charge is 0.450 e. The Labute approximate surface area is 130 Å². The van der Waals surface area contributed by atoms with Crippen molar-refractivity contribution in [3.8, 4) is 0 Å². The lowest BCUT2D eigenvalue weighted by Crippen LogP contribution is -2.41. The summed E-state index contributed by atoms with van der Waals surface area (Å²) in [6, 6.07) is 9.06. The van der Waals surface area contributed by atoms with Gasteiger partial charge in [0, 0.05) is 0 Å². The average Bonchev–Trinajstić information content (AvgIpc) is 2.87. The molecule has 1 aliphatic heterocycles. The highest BCUT2D eigenvalue weighted by atomic mass is 16.7. The summed E-state index contributed by atoms with van der Waals surface area (Å²) in [5, 5.41) is 3.89. The van der Waals surface area contributed by atoms with Gasteiger partial charge < -0.3 is 10.1 Å².